The largest absolute Gasteiger partial charge is 0.493 e. The highest BCUT2D eigenvalue weighted by atomic mass is 32.2. The number of aromatic nitrogens is 1. The Labute approximate surface area is 343 Å². The molecule has 7 rings (SSSR count). The number of benzene rings is 1. The highest BCUT2D eigenvalue weighted by molar-refractivity contribution is 7.91. The van der Waals surface area contributed by atoms with E-state index < -0.39 is 85.6 Å². The third-order valence-electron chi connectivity index (χ3n) is 13.4. The van der Waals surface area contributed by atoms with E-state index in [0.717, 1.165) is 43.4 Å². The van der Waals surface area contributed by atoms with Gasteiger partial charge in [-0.2, -0.15) is 0 Å². The first-order chi connectivity index (χ1) is 27.6. The molecule has 1 saturated heterocycles. The first-order valence-electron chi connectivity index (χ1n) is 20.6. The van der Waals surface area contributed by atoms with Gasteiger partial charge in [-0.3, -0.25) is 24.0 Å². The number of carbonyl (C=O) groups is 4. The van der Waals surface area contributed by atoms with E-state index >= 15 is 13.6 Å². The van der Waals surface area contributed by atoms with E-state index in [1.807, 2.05) is 31.2 Å². The monoisotopic (exact) mass is 843 g/mol. The van der Waals surface area contributed by atoms with Gasteiger partial charge in [0.2, 0.25) is 27.7 Å². The number of rotatable bonds is 8. The van der Waals surface area contributed by atoms with Gasteiger partial charge in [0.15, 0.2) is 0 Å². The molecule has 2 saturated carbocycles. The van der Waals surface area contributed by atoms with Crippen LogP contribution >= 0.6 is 0 Å². The van der Waals surface area contributed by atoms with Crippen LogP contribution in [0.4, 0.5) is 13.6 Å². The molecule has 3 aliphatic heterocycles. The van der Waals surface area contributed by atoms with Crippen molar-refractivity contribution in [2.75, 3.05) is 13.2 Å². The van der Waals surface area contributed by atoms with Crippen LogP contribution in [0.1, 0.15) is 98.5 Å². The van der Waals surface area contributed by atoms with Gasteiger partial charge >= 0.3 is 6.09 Å². The van der Waals surface area contributed by atoms with Crippen molar-refractivity contribution in [3.8, 4) is 11.6 Å². The van der Waals surface area contributed by atoms with Crippen LogP contribution in [0.5, 0.6) is 11.6 Å². The number of nitrogens with zero attached hydrogens (tertiary/aromatic N) is 3. The molecule has 2 aliphatic carbocycles. The van der Waals surface area contributed by atoms with Crippen molar-refractivity contribution < 1.29 is 51.0 Å². The Morgan fingerprint density at radius 1 is 1.12 bits per heavy atom. The van der Waals surface area contributed by atoms with E-state index in [0.29, 0.717) is 55.9 Å². The Kier molecular flexibility index (Phi) is 11.0. The fourth-order valence-corrected chi connectivity index (χ4v) is 10.3. The Bertz CT molecular complexity index is 2170. The second-order valence-corrected chi connectivity index (χ2v) is 20.4. The van der Waals surface area contributed by atoms with E-state index in [9.17, 15) is 27.9 Å². The molecule has 1 aromatic carbocycles. The quantitative estimate of drug-likeness (QED) is 0.284. The predicted octanol–water partition coefficient (Wildman–Crippen LogP) is 5.58. The lowest BCUT2D eigenvalue weighted by Gasteiger charge is -2.47. The van der Waals surface area contributed by atoms with Crippen molar-refractivity contribution in [1.29, 1.82) is 0 Å². The van der Waals surface area contributed by atoms with Crippen molar-refractivity contribution in [1.82, 2.24) is 24.8 Å². The predicted molar refractivity (Wildman–Crippen MR) is 213 cm³/mol. The Morgan fingerprint density at radius 3 is 2.53 bits per heavy atom. The van der Waals surface area contributed by atoms with Crippen molar-refractivity contribution in [3.05, 3.63) is 42.1 Å². The molecule has 59 heavy (non-hydrogen) atoms. The Morgan fingerprint density at radius 2 is 1.85 bits per heavy atom. The molecule has 1 aromatic heterocycles. The number of halogens is 2. The summed E-state index contributed by atoms with van der Waals surface area (Å²) >= 11 is 0. The minimum absolute atomic E-state index is 0.0926. The highest BCUT2D eigenvalue weighted by Gasteiger charge is 2.63. The zero-order valence-corrected chi connectivity index (χ0v) is 35.2. The third kappa shape index (κ3) is 7.83. The smallest absolute Gasteiger partial charge is 0.408 e. The number of pyridine rings is 1. The van der Waals surface area contributed by atoms with Gasteiger partial charge < -0.3 is 24.8 Å². The van der Waals surface area contributed by atoms with Crippen LogP contribution in [-0.4, -0.2) is 105 Å². The van der Waals surface area contributed by atoms with Gasteiger partial charge in [0.1, 0.15) is 35.0 Å². The molecule has 322 valence electrons. The number of aryl methyl sites for hydroxylation is 1. The first-order valence-corrected chi connectivity index (χ1v) is 22.0. The number of amides is 4. The summed E-state index contributed by atoms with van der Waals surface area (Å²) < 4.78 is 70.9. The van der Waals surface area contributed by atoms with Crippen LogP contribution in [-0.2, 0) is 30.8 Å². The zero-order valence-electron chi connectivity index (χ0n) is 34.4. The molecular formula is C42H55F2N5O9S. The van der Waals surface area contributed by atoms with E-state index in [1.165, 1.54) is 4.90 Å². The third-order valence-corrected chi connectivity index (χ3v) is 15.6. The number of fused-ring (bicyclic) bond motifs is 5. The molecule has 4 amide bonds. The van der Waals surface area contributed by atoms with Crippen LogP contribution in [0.3, 0.4) is 0 Å². The number of hydrogen-bond donors (Lipinski definition) is 3. The van der Waals surface area contributed by atoms with Gasteiger partial charge in [-0.1, -0.05) is 32.1 Å². The van der Waals surface area contributed by atoms with Crippen LogP contribution in [0.2, 0.25) is 0 Å². The Balaban J connectivity index is 1.29. The molecule has 0 radical (unpaired) electrons. The Hall–Kier alpha value is -4.54. The lowest BCUT2D eigenvalue weighted by atomic mass is 9.84. The topological polar surface area (TPSA) is 185 Å². The lowest BCUT2D eigenvalue weighted by Crippen LogP contribution is -2.66. The number of ether oxygens (including phenoxy) is 2. The molecule has 14 nitrogen and oxygen atoms in total. The van der Waals surface area contributed by atoms with Gasteiger partial charge in [-0.15, -0.1) is 0 Å². The van der Waals surface area contributed by atoms with E-state index in [2.05, 4.69) is 15.0 Å². The van der Waals surface area contributed by atoms with Crippen LogP contribution in [0, 0.1) is 17.8 Å². The van der Waals surface area contributed by atoms with Crippen LogP contribution in [0.15, 0.2) is 36.5 Å². The SMILES string of the molecule is C[C@H]1CC/C=C\[C@@H]2C[C@@]2(C(=O)NS(=O)(=O)C2(C)CC2)NC(=O)[C@@H]2C[C@@H](Oc3nccc4c5c(ccc34)CCCO5)CN2C(=O)[C@@H](N(C(=O)O)C(C)(C)C(C)(F)F)[C@H](C)C1. The van der Waals surface area contributed by atoms with Crippen molar-refractivity contribution in [2.45, 2.75) is 139 Å². The molecule has 3 fully saturated rings. The van der Waals surface area contributed by atoms with E-state index in [-0.39, 0.29) is 31.2 Å². The average Bonchev–Trinajstić information content (AvgIpc) is 4.04. The van der Waals surface area contributed by atoms with Crippen LogP contribution < -0.4 is 19.5 Å². The number of carboxylic acid groups (broad SMARTS) is 1. The molecular weight excluding hydrogens is 789 g/mol. The maximum atomic E-state index is 15.4. The molecule has 0 bridgehead atoms. The molecule has 0 unspecified atom stereocenters. The second-order valence-electron chi connectivity index (χ2n) is 18.2. The molecule has 5 aliphatic rings. The molecule has 4 heterocycles. The van der Waals surface area contributed by atoms with Crippen LogP contribution in [0.25, 0.3) is 10.8 Å². The summed E-state index contributed by atoms with van der Waals surface area (Å²) in [7, 11) is -4.09. The fraction of sp³-hybridized carbons (Fsp3) is 0.643. The van der Waals surface area contributed by atoms with E-state index in [4.69, 9.17) is 9.47 Å². The number of sulfonamides is 1. The lowest BCUT2D eigenvalue weighted by molar-refractivity contribution is -0.156. The standard InChI is InChI=1S/C42H55F2N5O9S/c1-24-10-7-8-12-27-22-42(27,37(52)47-59(55,56)40(5)16-17-40)46-34(50)31-21-28(58-35-30-14-13-26-11-9-19-57-33(26)29(30)15-18-45-35)23-48(31)36(51)32(25(2)20-24)49(38(53)54)39(3,4)41(6,43)44/h8,12-15,18,24-25,27-28,31-32H,7,9-11,16-17,19-23H2,1-6H3,(H,46,50)(H,47,52)(H,53,54)/b12-8-/t24-,25+,27+,28+,31-,32-,42+/m0/s1. The summed E-state index contributed by atoms with van der Waals surface area (Å²) in [4.78, 5) is 63.1. The number of allylic oxidation sites excluding steroid dienone is 1. The minimum Gasteiger partial charge on any atom is -0.493 e. The van der Waals surface area contributed by atoms with Gasteiger partial charge in [0.05, 0.1) is 17.9 Å². The summed E-state index contributed by atoms with van der Waals surface area (Å²) in [5, 5.41) is 14.9. The van der Waals surface area contributed by atoms with Crippen molar-refractivity contribution >= 4 is 44.6 Å². The van der Waals surface area contributed by atoms with Gasteiger partial charge in [-0.25, -0.2) is 27.0 Å². The summed E-state index contributed by atoms with van der Waals surface area (Å²) in [5.41, 5.74) is -2.98. The maximum Gasteiger partial charge on any atom is 0.408 e. The summed E-state index contributed by atoms with van der Waals surface area (Å²) in [5.74, 6) is -6.64. The van der Waals surface area contributed by atoms with Crippen molar-refractivity contribution in [3.63, 3.8) is 0 Å². The molecule has 3 N–H and O–H groups in total. The summed E-state index contributed by atoms with van der Waals surface area (Å²) in [6.07, 6.45) is 6.45. The van der Waals surface area contributed by atoms with Gasteiger partial charge in [-0.05, 0) is 102 Å². The molecule has 17 heteroatoms. The number of hydrogen-bond acceptors (Lipinski definition) is 9. The molecule has 7 atom stereocenters. The average molecular weight is 844 g/mol. The molecule has 0 spiro atoms. The fourth-order valence-electron chi connectivity index (χ4n) is 8.96. The second kappa shape index (κ2) is 15.2. The highest BCUT2D eigenvalue weighted by Crippen LogP contribution is 2.48. The molecule has 2 aromatic rings. The normalized spacial score (nSPS) is 30.3. The number of alkyl halides is 2. The van der Waals surface area contributed by atoms with Crippen molar-refractivity contribution in [2.24, 2.45) is 17.8 Å². The van der Waals surface area contributed by atoms with Gasteiger partial charge in [0.25, 0.3) is 11.8 Å². The number of carbonyl (C=O) groups excluding carboxylic acids is 3. The maximum absolute atomic E-state index is 15.4. The first kappa shape index (κ1) is 42.6. The number of nitrogens with one attached hydrogen (secondary N) is 2. The van der Waals surface area contributed by atoms with Gasteiger partial charge in [0, 0.05) is 36.2 Å². The summed E-state index contributed by atoms with van der Waals surface area (Å²) in [6, 6.07) is 2.60. The zero-order chi connectivity index (χ0) is 42.9. The summed E-state index contributed by atoms with van der Waals surface area (Å²) in [6.45, 7) is 8.19. The minimum atomic E-state index is -4.09. The van der Waals surface area contributed by atoms with E-state index in [1.54, 1.807) is 26.1 Å².